The summed E-state index contributed by atoms with van der Waals surface area (Å²) in [5, 5.41) is 6.90. The molecule has 7 nitrogen and oxygen atoms in total. The van der Waals surface area contributed by atoms with Crippen LogP contribution in [0.3, 0.4) is 0 Å². The second-order valence-electron chi connectivity index (χ2n) is 4.96. The standard InChI is InChI=1S/C15H19ClN3O4PS/c1-4-22-24(21,23-5-2)15(11-8-6-7-9-12(11)16)17-14(20)13-10(3)18-19-25-13/h6-9,15H,4-5H2,1-3H3,(H,17,20). The summed E-state index contributed by atoms with van der Waals surface area (Å²) in [5.74, 6) is -1.51. The number of carbonyl (C=O) groups excluding carboxylic acids is 1. The quantitative estimate of drug-likeness (QED) is 0.664. The van der Waals surface area contributed by atoms with Crippen LogP contribution in [0.1, 0.15) is 40.6 Å². The lowest BCUT2D eigenvalue weighted by molar-refractivity contribution is 0.0940. The van der Waals surface area contributed by atoms with Crippen molar-refractivity contribution in [3.8, 4) is 0 Å². The molecule has 1 heterocycles. The van der Waals surface area contributed by atoms with Crippen molar-refractivity contribution >= 4 is 36.6 Å². The summed E-state index contributed by atoms with van der Waals surface area (Å²) in [4.78, 5) is 13.0. The lowest BCUT2D eigenvalue weighted by Crippen LogP contribution is -2.30. The maximum Gasteiger partial charge on any atom is 0.357 e. The largest absolute Gasteiger partial charge is 0.357 e. The molecule has 0 bridgehead atoms. The molecule has 1 aromatic heterocycles. The van der Waals surface area contributed by atoms with Crippen molar-refractivity contribution < 1.29 is 18.4 Å². The molecule has 136 valence electrons. The third kappa shape index (κ3) is 4.65. The highest BCUT2D eigenvalue weighted by molar-refractivity contribution is 7.54. The number of aromatic nitrogens is 2. The van der Waals surface area contributed by atoms with Gasteiger partial charge in [0.1, 0.15) is 4.88 Å². The van der Waals surface area contributed by atoms with Crippen molar-refractivity contribution in [1.82, 2.24) is 14.9 Å². The molecule has 0 fully saturated rings. The lowest BCUT2D eigenvalue weighted by Gasteiger charge is -2.27. The highest BCUT2D eigenvalue weighted by Gasteiger charge is 2.39. The molecule has 0 aliphatic carbocycles. The van der Waals surface area contributed by atoms with Crippen LogP contribution in [-0.4, -0.2) is 28.7 Å². The molecular formula is C15H19ClN3O4PS. The monoisotopic (exact) mass is 403 g/mol. The Morgan fingerprint density at radius 1 is 1.32 bits per heavy atom. The molecule has 1 atom stereocenters. The first-order valence-electron chi connectivity index (χ1n) is 7.66. The lowest BCUT2D eigenvalue weighted by atomic mass is 10.2. The first-order chi connectivity index (χ1) is 11.9. The van der Waals surface area contributed by atoms with E-state index < -0.39 is 19.3 Å². The first-order valence-corrected chi connectivity index (χ1v) is 10.4. The van der Waals surface area contributed by atoms with Crippen molar-refractivity contribution in [3.63, 3.8) is 0 Å². The van der Waals surface area contributed by atoms with E-state index in [0.717, 1.165) is 11.5 Å². The maximum atomic E-state index is 13.3. The van der Waals surface area contributed by atoms with Gasteiger partial charge in [0, 0.05) is 10.6 Å². The molecule has 0 aliphatic heterocycles. The van der Waals surface area contributed by atoms with Gasteiger partial charge in [-0.15, -0.1) is 5.10 Å². The van der Waals surface area contributed by atoms with Crippen LogP contribution < -0.4 is 5.32 Å². The topological polar surface area (TPSA) is 90.4 Å². The third-order valence-corrected chi connectivity index (χ3v) is 6.71. The number of aryl methyl sites for hydroxylation is 1. The van der Waals surface area contributed by atoms with Crippen LogP contribution in [-0.2, 0) is 13.6 Å². The van der Waals surface area contributed by atoms with Crippen molar-refractivity contribution in [3.05, 3.63) is 45.4 Å². The van der Waals surface area contributed by atoms with Gasteiger partial charge < -0.3 is 14.4 Å². The summed E-state index contributed by atoms with van der Waals surface area (Å²) in [6.07, 6.45) is 0. The van der Waals surface area contributed by atoms with E-state index in [0.29, 0.717) is 21.2 Å². The molecule has 1 unspecified atom stereocenters. The minimum absolute atomic E-state index is 0.162. The Labute approximate surface area is 155 Å². The molecule has 0 saturated carbocycles. The van der Waals surface area contributed by atoms with Gasteiger partial charge in [-0.1, -0.05) is 34.3 Å². The van der Waals surface area contributed by atoms with Gasteiger partial charge >= 0.3 is 7.60 Å². The molecule has 0 saturated heterocycles. The van der Waals surface area contributed by atoms with E-state index in [9.17, 15) is 9.36 Å². The fourth-order valence-electron chi connectivity index (χ4n) is 2.20. The third-order valence-electron chi connectivity index (χ3n) is 3.26. The Morgan fingerprint density at radius 2 is 1.96 bits per heavy atom. The number of amides is 1. The highest BCUT2D eigenvalue weighted by atomic mass is 35.5. The smallest absolute Gasteiger partial charge is 0.333 e. The van der Waals surface area contributed by atoms with E-state index >= 15 is 0 Å². The van der Waals surface area contributed by atoms with Gasteiger partial charge in [0.2, 0.25) is 0 Å². The predicted molar refractivity (Wildman–Crippen MR) is 97.2 cm³/mol. The summed E-state index contributed by atoms with van der Waals surface area (Å²) in [7, 11) is -3.70. The summed E-state index contributed by atoms with van der Waals surface area (Å²) in [5.41, 5.74) is 0.945. The van der Waals surface area contributed by atoms with Crippen molar-refractivity contribution in [1.29, 1.82) is 0 Å². The molecule has 2 aromatic rings. The normalized spacial score (nSPS) is 12.8. The predicted octanol–water partition coefficient (Wildman–Crippen LogP) is 4.19. The van der Waals surface area contributed by atoms with Crippen LogP contribution >= 0.6 is 30.7 Å². The molecule has 0 spiro atoms. The Kier molecular flexibility index (Phi) is 7.10. The van der Waals surface area contributed by atoms with Crippen molar-refractivity contribution in [2.24, 2.45) is 0 Å². The van der Waals surface area contributed by atoms with Gasteiger partial charge in [0.25, 0.3) is 5.91 Å². The summed E-state index contributed by atoms with van der Waals surface area (Å²) >= 11 is 7.22. The number of halogens is 1. The Bertz CT molecular complexity index is 776. The van der Waals surface area contributed by atoms with Gasteiger partial charge in [-0.2, -0.15) is 0 Å². The molecule has 10 heteroatoms. The van der Waals surface area contributed by atoms with E-state index in [4.69, 9.17) is 20.6 Å². The van der Waals surface area contributed by atoms with E-state index in [-0.39, 0.29) is 13.2 Å². The van der Waals surface area contributed by atoms with E-state index in [1.54, 1.807) is 45.0 Å². The summed E-state index contributed by atoms with van der Waals surface area (Å²) < 4.78 is 27.9. The van der Waals surface area contributed by atoms with Crippen molar-refractivity contribution in [2.45, 2.75) is 26.6 Å². The Morgan fingerprint density at radius 3 is 2.48 bits per heavy atom. The van der Waals surface area contributed by atoms with Gasteiger partial charge in [-0.25, -0.2) is 0 Å². The maximum absolute atomic E-state index is 13.3. The fraction of sp³-hybridized carbons (Fsp3) is 0.400. The van der Waals surface area contributed by atoms with Crippen LogP contribution in [0, 0.1) is 6.92 Å². The molecule has 25 heavy (non-hydrogen) atoms. The minimum atomic E-state index is -3.70. The van der Waals surface area contributed by atoms with E-state index in [1.807, 2.05) is 0 Å². The summed E-state index contributed by atoms with van der Waals surface area (Å²) in [6.45, 7) is 5.40. The number of carbonyl (C=O) groups is 1. The number of benzene rings is 1. The number of hydrogen-bond donors (Lipinski definition) is 1. The van der Waals surface area contributed by atoms with Crippen molar-refractivity contribution in [2.75, 3.05) is 13.2 Å². The average molecular weight is 404 g/mol. The number of rotatable bonds is 8. The zero-order chi connectivity index (χ0) is 18.4. The number of nitrogens with zero attached hydrogens (tertiary/aromatic N) is 2. The molecule has 1 amide bonds. The molecule has 0 radical (unpaired) electrons. The Hall–Kier alpha value is -1.31. The highest BCUT2D eigenvalue weighted by Crippen LogP contribution is 2.60. The molecule has 1 aromatic carbocycles. The second kappa shape index (κ2) is 8.87. The average Bonchev–Trinajstić information content (AvgIpc) is 3.00. The van der Waals surface area contributed by atoms with Gasteiger partial charge in [-0.05, 0) is 38.4 Å². The zero-order valence-corrected chi connectivity index (χ0v) is 16.5. The minimum Gasteiger partial charge on any atom is -0.333 e. The van der Waals surface area contributed by atoms with Crippen LogP contribution in [0.25, 0.3) is 0 Å². The van der Waals surface area contributed by atoms with Crippen LogP contribution in [0.2, 0.25) is 5.02 Å². The van der Waals surface area contributed by atoms with Crippen LogP contribution in [0.15, 0.2) is 24.3 Å². The van der Waals surface area contributed by atoms with Crippen LogP contribution in [0.5, 0.6) is 0 Å². The molecule has 0 aliphatic rings. The molecular weight excluding hydrogens is 385 g/mol. The fourth-order valence-corrected chi connectivity index (χ4v) is 5.01. The second-order valence-corrected chi connectivity index (χ2v) is 8.23. The molecule has 1 N–H and O–H groups in total. The van der Waals surface area contributed by atoms with Gasteiger partial charge in [-0.3, -0.25) is 9.36 Å². The Balaban J connectivity index is 2.45. The van der Waals surface area contributed by atoms with E-state index in [2.05, 4.69) is 14.9 Å². The number of hydrogen-bond acceptors (Lipinski definition) is 7. The molecule has 2 rings (SSSR count). The summed E-state index contributed by atoms with van der Waals surface area (Å²) in [6, 6.07) is 6.81. The number of nitrogens with one attached hydrogen (secondary N) is 1. The van der Waals surface area contributed by atoms with E-state index in [1.165, 1.54) is 0 Å². The first kappa shape index (κ1) is 20.0. The zero-order valence-electron chi connectivity index (χ0n) is 14.1. The van der Waals surface area contributed by atoms with Gasteiger partial charge in [0.15, 0.2) is 5.78 Å². The van der Waals surface area contributed by atoms with Gasteiger partial charge in [0.05, 0.1) is 18.9 Å². The van der Waals surface area contributed by atoms with Crippen LogP contribution in [0.4, 0.5) is 0 Å². The SMILES string of the molecule is CCOP(=O)(OCC)C(NC(=O)c1snnc1C)c1ccccc1Cl.